The lowest BCUT2D eigenvalue weighted by atomic mass is 9.82. The lowest BCUT2D eigenvalue weighted by Crippen LogP contribution is -2.39. The summed E-state index contributed by atoms with van der Waals surface area (Å²) in [6.07, 6.45) is 1.22. The molecule has 1 fully saturated rings. The molecule has 1 saturated heterocycles. The van der Waals surface area contributed by atoms with Crippen LogP contribution >= 0.6 is 0 Å². The molecule has 9 nitrogen and oxygen atoms in total. The Morgan fingerprint density at radius 2 is 1.35 bits per heavy atom. The Labute approximate surface area is 179 Å². The molecule has 2 heterocycles. The van der Waals surface area contributed by atoms with Gasteiger partial charge in [-0.1, -0.05) is 12.2 Å². The number of carbonyl (C=O) groups is 4. The van der Waals surface area contributed by atoms with E-state index in [-0.39, 0.29) is 29.0 Å². The standard InChI is InChI=1S/C22H25NO8/c1-10(2)29-21(27)12-7-13(22(28)30-11(3)4)9-14(8-12)23-19(24)17-15-5-6-16(31-15)18(17)20(25)26/h5-11,15-18H,1-4H3,(H,23,24)(H,25,26)/t15-,16-,17+,18-/m0/s1. The van der Waals surface area contributed by atoms with Crippen molar-refractivity contribution in [1.29, 1.82) is 0 Å². The van der Waals surface area contributed by atoms with Gasteiger partial charge in [0.2, 0.25) is 5.91 Å². The molecular formula is C22H25NO8. The second kappa shape index (κ2) is 8.89. The van der Waals surface area contributed by atoms with Crippen LogP contribution in [0.3, 0.4) is 0 Å². The first-order chi connectivity index (χ1) is 14.6. The zero-order valence-electron chi connectivity index (χ0n) is 17.7. The molecule has 9 heteroatoms. The Bertz CT molecular complexity index is 895. The first-order valence-electron chi connectivity index (χ1n) is 10.0. The third-order valence-corrected chi connectivity index (χ3v) is 4.84. The van der Waals surface area contributed by atoms with Gasteiger partial charge < -0.3 is 24.6 Å². The van der Waals surface area contributed by atoms with Gasteiger partial charge in [0.25, 0.3) is 0 Å². The zero-order chi connectivity index (χ0) is 22.9. The van der Waals surface area contributed by atoms with E-state index in [2.05, 4.69) is 5.32 Å². The molecule has 0 spiro atoms. The predicted molar refractivity (Wildman–Crippen MR) is 109 cm³/mol. The fraction of sp³-hybridized carbons (Fsp3) is 0.455. The average Bonchev–Trinajstić information content (AvgIpc) is 3.28. The third kappa shape index (κ3) is 4.93. The van der Waals surface area contributed by atoms with E-state index >= 15 is 0 Å². The van der Waals surface area contributed by atoms with Crippen LogP contribution in [0.15, 0.2) is 30.4 Å². The maximum absolute atomic E-state index is 12.9. The third-order valence-electron chi connectivity index (χ3n) is 4.84. The van der Waals surface area contributed by atoms with E-state index in [0.717, 1.165) is 0 Å². The molecular weight excluding hydrogens is 406 g/mol. The molecule has 2 aliphatic heterocycles. The van der Waals surface area contributed by atoms with Crippen molar-refractivity contribution in [2.75, 3.05) is 5.32 Å². The number of carbonyl (C=O) groups excluding carboxylic acids is 3. The van der Waals surface area contributed by atoms with E-state index in [1.807, 2.05) is 0 Å². The molecule has 4 atom stereocenters. The average molecular weight is 431 g/mol. The second-order valence-electron chi connectivity index (χ2n) is 8.04. The fourth-order valence-corrected chi connectivity index (χ4v) is 3.64. The molecule has 31 heavy (non-hydrogen) atoms. The molecule has 2 bridgehead atoms. The number of rotatable bonds is 7. The Morgan fingerprint density at radius 1 is 0.871 bits per heavy atom. The number of carboxylic acids is 1. The number of hydrogen-bond acceptors (Lipinski definition) is 7. The number of esters is 2. The van der Waals surface area contributed by atoms with Crippen molar-refractivity contribution < 1.29 is 38.5 Å². The van der Waals surface area contributed by atoms with E-state index in [1.165, 1.54) is 18.2 Å². The van der Waals surface area contributed by atoms with E-state index < -0.39 is 47.9 Å². The molecule has 0 saturated carbocycles. The molecule has 0 aromatic heterocycles. The summed E-state index contributed by atoms with van der Waals surface area (Å²) in [5.41, 5.74) is 0.261. The topological polar surface area (TPSA) is 128 Å². The molecule has 166 valence electrons. The molecule has 1 aromatic rings. The summed E-state index contributed by atoms with van der Waals surface area (Å²) in [6.45, 7) is 6.75. The quantitative estimate of drug-likeness (QED) is 0.498. The van der Waals surface area contributed by atoms with Crippen LogP contribution in [-0.4, -0.2) is 53.3 Å². The molecule has 3 rings (SSSR count). The lowest BCUT2D eigenvalue weighted by molar-refractivity contribution is -0.145. The summed E-state index contributed by atoms with van der Waals surface area (Å²) in [5.74, 6) is -5.01. The van der Waals surface area contributed by atoms with Gasteiger partial charge in [0.05, 0.1) is 41.5 Å². The van der Waals surface area contributed by atoms with Gasteiger partial charge in [-0.3, -0.25) is 9.59 Å². The van der Waals surface area contributed by atoms with Crippen molar-refractivity contribution >= 4 is 29.5 Å². The largest absolute Gasteiger partial charge is 0.481 e. The molecule has 0 aliphatic carbocycles. The SMILES string of the molecule is CC(C)OC(=O)c1cc(NC(=O)[C@H]2[C@@H](C(=O)O)[C@@H]3C=C[C@@H]2O3)cc(C(=O)OC(C)C)c1. The number of nitrogens with one attached hydrogen (secondary N) is 1. The monoisotopic (exact) mass is 431 g/mol. The highest BCUT2D eigenvalue weighted by Crippen LogP contribution is 2.40. The number of benzene rings is 1. The fourth-order valence-electron chi connectivity index (χ4n) is 3.64. The number of hydrogen-bond donors (Lipinski definition) is 2. The van der Waals surface area contributed by atoms with Crippen LogP contribution < -0.4 is 5.32 Å². The highest BCUT2D eigenvalue weighted by atomic mass is 16.5. The Hall–Kier alpha value is -3.20. The number of amides is 1. The maximum atomic E-state index is 12.9. The Morgan fingerprint density at radius 3 is 1.81 bits per heavy atom. The minimum Gasteiger partial charge on any atom is -0.481 e. The summed E-state index contributed by atoms with van der Waals surface area (Å²) >= 11 is 0. The van der Waals surface area contributed by atoms with Gasteiger partial charge in [0, 0.05) is 5.69 Å². The van der Waals surface area contributed by atoms with E-state index in [4.69, 9.17) is 14.2 Å². The summed E-state index contributed by atoms with van der Waals surface area (Å²) in [7, 11) is 0. The van der Waals surface area contributed by atoms with Crippen molar-refractivity contribution in [3.63, 3.8) is 0 Å². The van der Waals surface area contributed by atoms with Crippen LogP contribution in [-0.2, 0) is 23.8 Å². The molecule has 1 aromatic carbocycles. The smallest absolute Gasteiger partial charge is 0.338 e. The highest BCUT2D eigenvalue weighted by Gasteiger charge is 2.53. The Kier molecular flexibility index (Phi) is 6.45. The highest BCUT2D eigenvalue weighted by molar-refractivity contribution is 6.01. The minimum absolute atomic E-state index is 0.0566. The zero-order valence-corrected chi connectivity index (χ0v) is 17.7. The van der Waals surface area contributed by atoms with Crippen LogP contribution in [0.2, 0.25) is 0 Å². The lowest BCUT2D eigenvalue weighted by Gasteiger charge is -2.21. The van der Waals surface area contributed by atoms with Gasteiger partial charge in [0.15, 0.2) is 0 Å². The van der Waals surface area contributed by atoms with E-state index in [1.54, 1.807) is 39.8 Å². The Balaban J connectivity index is 1.89. The maximum Gasteiger partial charge on any atom is 0.338 e. The first-order valence-corrected chi connectivity index (χ1v) is 10.0. The number of anilines is 1. The van der Waals surface area contributed by atoms with Crippen molar-refractivity contribution in [3.8, 4) is 0 Å². The van der Waals surface area contributed by atoms with E-state index in [9.17, 15) is 24.3 Å². The van der Waals surface area contributed by atoms with Gasteiger partial charge in [-0.05, 0) is 45.9 Å². The summed E-state index contributed by atoms with van der Waals surface area (Å²) in [5, 5.41) is 12.1. The number of carboxylic acid groups (broad SMARTS) is 1. The molecule has 0 radical (unpaired) electrons. The van der Waals surface area contributed by atoms with Crippen molar-refractivity contribution in [2.24, 2.45) is 11.8 Å². The van der Waals surface area contributed by atoms with Crippen LogP contribution in [0.25, 0.3) is 0 Å². The van der Waals surface area contributed by atoms with Crippen molar-refractivity contribution in [1.82, 2.24) is 0 Å². The summed E-state index contributed by atoms with van der Waals surface area (Å²) in [6, 6.07) is 4.07. The molecule has 2 N–H and O–H groups in total. The van der Waals surface area contributed by atoms with Gasteiger partial charge >= 0.3 is 17.9 Å². The van der Waals surface area contributed by atoms with Crippen molar-refractivity contribution in [2.45, 2.75) is 52.1 Å². The van der Waals surface area contributed by atoms with Crippen LogP contribution in [0.4, 0.5) is 5.69 Å². The number of aliphatic carboxylic acids is 1. The molecule has 1 amide bonds. The summed E-state index contributed by atoms with van der Waals surface area (Å²) in [4.78, 5) is 49.3. The van der Waals surface area contributed by atoms with E-state index in [0.29, 0.717) is 0 Å². The minimum atomic E-state index is -1.13. The van der Waals surface area contributed by atoms with Crippen LogP contribution in [0.1, 0.15) is 48.4 Å². The number of fused-ring (bicyclic) bond motifs is 2. The number of ether oxygens (including phenoxy) is 3. The van der Waals surface area contributed by atoms with Gasteiger partial charge in [-0.15, -0.1) is 0 Å². The summed E-state index contributed by atoms with van der Waals surface area (Å²) < 4.78 is 15.9. The molecule has 2 aliphatic rings. The normalized spacial score (nSPS) is 23.8. The first kappa shape index (κ1) is 22.5. The molecule has 0 unspecified atom stereocenters. The van der Waals surface area contributed by atoms with Crippen LogP contribution in [0.5, 0.6) is 0 Å². The second-order valence-corrected chi connectivity index (χ2v) is 8.04. The van der Waals surface area contributed by atoms with Gasteiger partial charge in [-0.2, -0.15) is 0 Å². The predicted octanol–water partition coefficient (Wildman–Crippen LogP) is 2.41. The van der Waals surface area contributed by atoms with Crippen LogP contribution in [0, 0.1) is 11.8 Å². The van der Waals surface area contributed by atoms with Crippen molar-refractivity contribution in [3.05, 3.63) is 41.5 Å². The van der Waals surface area contributed by atoms with Gasteiger partial charge in [-0.25, -0.2) is 9.59 Å². The van der Waals surface area contributed by atoms with Gasteiger partial charge in [0.1, 0.15) is 5.92 Å².